The van der Waals surface area contributed by atoms with Crippen molar-refractivity contribution in [1.29, 1.82) is 0 Å². The van der Waals surface area contributed by atoms with Crippen molar-refractivity contribution in [2.45, 2.75) is 26.7 Å². The van der Waals surface area contributed by atoms with Crippen LogP contribution in [0.25, 0.3) is 22.3 Å². The number of nitro benzene ring substituents is 1. The highest BCUT2D eigenvalue weighted by atomic mass is 79.9. The third kappa shape index (κ3) is 6.74. The van der Waals surface area contributed by atoms with E-state index in [1.165, 1.54) is 17.0 Å². The monoisotopic (exact) mass is 677 g/mol. The molecular weight excluding hydrogens is 646 g/mol. The van der Waals surface area contributed by atoms with Gasteiger partial charge in [-0.15, -0.1) is 0 Å². The number of amides is 1. The lowest BCUT2D eigenvalue weighted by Crippen LogP contribution is -2.43. The molecule has 0 atom stereocenters. The van der Waals surface area contributed by atoms with Crippen molar-refractivity contribution in [3.05, 3.63) is 90.2 Å². The van der Waals surface area contributed by atoms with E-state index in [1.54, 1.807) is 42.3 Å². The van der Waals surface area contributed by atoms with E-state index in [0.29, 0.717) is 54.2 Å². The Morgan fingerprint density at radius 2 is 1.93 bits per heavy atom. The number of methoxy groups -OCH3 is 1. The molecule has 5 rings (SSSR count). The highest BCUT2D eigenvalue weighted by Crippen LogP contribution is 2.37. The second-order valence-corrected chi connectivity index (χ2v) is 11.6. The van der Waals surface area contributed by atoms with Gasteiger partial charge in [0.25, 0.3) is 11.5 Å². The van der Waals surface area contributed by atoms with Crippen LogP contribution in [-0.4, -0.2) is 71.6 Å². The molecule has 45 heavy (non-hydrogen) atoms. The maximum atomic E-state index is 13.8. The molecule has 1 aliphatic heterocycles. The number of hydrogen-bond donors (Lipinski definition) is 0. The van der Waals surface area contributed by atoms with Crippen LogP contribution >= 0.6 is 15.9 Å². The van der Waals surface area contributed by atoms with Crippen LogP contribution < -0.4 is 15.0 Å². The van der Waals surface area contributed by atoms with Gasteiger partial charge in [0.1, 0.15) is 5.75 Å². The Morgan fingerprint density at radius 1 is 1.20 bits per heavy atom. The first-order valence-corrected chi connectivity index (χ1v) is 15.1. The minimum atomic E-state index is -0.597. The lowest BCUT2D eigenvalue weighted by molar-refractivity contribution is -0.385. The van der Waals surface area contributed by atoms with Crippen LogP contribution in [0.1, 0.15) is 36.5 Å². The number of aromatic nitrogens is 2. The molecular formula is C32H32BrN5O7. The van der Waals surface area contributed by atoms with Gasteiger partial charge in [-0.1, -0.05) is 26.0 Å². The lowest BCUT2D eigenvalue weighted by atomic mass is 9.96. The molecule has 3 aromatic carbocycles. The first-order chi connectivity index (χ1) is 21.6. The molecule has 0 unspecified atom stereocenters. The fraction of sp³-hybridized carbons (Fsp3) is 0.312. The minimum absolute atomic E-state index is 0.0842. The molecule has 0 spiro atoms. The third-order valence-corrected chi connectivity index (χ3v) is 8.05. The summed E-state index contributed by atoms with van der Waals surface area (Å²) in [4.78, 5) is 44.2. The Kier molecular flexibility index (Phi) is 9.59. The van der Waals surface area contributed by atoms with Crippen LogP contribution in [0.4, 0.5) is 5.69 Å². The summed E-state index contributed by atoms with van der Waals surface area (Å²) >= 11 is 3.35. The number of hydrogen-bond acceptors (Lipinski definition) is 9. The lowest BCUT2D eigenvalue weighted by Gasteiger charge is -2.26. The van der Waals surface area contributed by atoms with Gasteiger partial charge in [-0.2, -0.15) is 9.78 Å². The standard InChI is InChI=1S/C32H32BrN5O7/c1-19(2)23-16-24(20(3)13-28(23)43-4)31-35-26-8-6-5-7-22(26)32(40)37(31)34-17-21-14-25(33)30(27(15-21)38(41)42)45-18-29(39)36-9-11-44-12-10-36/h5-8,13-17,19H,9-12,18H2,1-4H3. The first-order valence-electron chi connectivity index (χ1n) is 14.3. The second-order valence-electron chi connectivity index (χ2n) is 10.8. The average molecular weight is 679 g/mol. The molecule has 0 bridgehead atoms. The van der Waals surface area contributed by atoms with Gasteiger partial charge in [0.05, 0.1) is 46.8 Å². The quantitative estimate of drug-likeness (QED) is 0.132. The number of nitro groups is 1. The molecule has 13 heteroatoms. The summed E-state index contributed by atoms with van der Waals surface area (Å²) in [6.45, 7) is 7.35. The Morgan fingerprint density at radius 3 is 2.62 bits per heavy atom. The van der Waals surface area contributed by atoms with Crippen molar-refractivity contribution < 1.29 is 23.9 Å². The minimum Gasteiger partial charge on any atom is -0.496 e. The first kappa shape index (κ1) is 31.8. The highest BCUT2D eigenvalue weighted by Gasteiger charge is 2.24. The van der Waals surface area contributed by atoms with Crippen LogP contribution in [0.2, 0.25) is 0 Å². The molecule has 1 saturated heterocycles. The number of fused-ring (bicyclic) bond motifs is 1. The van der Waals surface area contributed by atoms with Gasteiger partial charge in [-0.25, -0.2) is 4.98 Å². The zero-order valence-electron chi connectivity index (χ0n) is 25.3. The van der Waals surface area contributed by atoms with Crippen LogP contribution in [0.15, 0.2) is 62.9 Å². The number of carbonyl (C=O) groups excluding carboxylic acids is 1. The molecule has 0 saturated carbocycles. The predicted molar refractivity (Wildman–Crippen MR) is 173 cm³/mol. The molecule has 1 aromatic heterocycles. The molecule has 4 aromatic rings. The summed E-state index contributed by atoms with van der Waals surface area (Å²) in [5.74, 6) is 0.795. The molecule has 0 N–H and O–H groups in total. The van der Waals surface area contributed by atoms with Crippen LogP contribution in [0, 0.1) is 17.0 Å². The number of aryl methyl sites for hydroxylation is 1. The Labute approximate surface area is 267 Å². The van der Waals surface area contributed by atoms with Gasteiger partial charge in [0.2, 0.25) is 5.75 Å². The summed E-state index contributed by atoms with van der Waals surface area (Å²) in [5.41, 5.74) is 2.53. The van der Waals surface area contributed by atoms with E-state index in [0.717, 1.165) is 16.9 Å². The van der Waals surface area contributed by atoms with Gasteiger partial charge in [-0.3, -0.25) is 19.7 Å². The summed E-state index contributed by atoms with van der Waals surface area (Å²) in [7, 11) is 1.62. The van der Waals surface area contributed by atoms with Crippen molar-refractivity contribution >= 4 is 44.6 Å². The van der Waals surface area contributed by atoms with Crippen LogP contribution in [-0.2, 0) is 9.53 Å². The number of nitrogens with zero attached hydrogens (tertiary/aromatic N) is 5. The van der Waals surface area contributed by atoms with Crippen molar-refractivity contribution in [1.82, 2.24) is 14.6 Å². The fourth-order valence-corrected chi connectivity index (χ4v) is 5.67. The summed E-state index contributed by atoms with van der Waals surface area (Å²) in [5, 5.41) is 16.9. The molecule has 2 heterocycles. The van der Waals surface area contributed by atoms with Crippen molar-refractivity contribution in [3.63, 3.8) is 0 Å². The number of ether oxygens (including phenoxy) is 3. The smallest absolute Gasteiger partial charge is 0.312 e. The number of carbonyl (C=O) groups is 1. The van der Waals surface area contributed by atoms with Crippen molar-refractivity contribution in [2.24, 2.45) is 5.10 Å². The molecule has 12 nitrogen and oxygen atoms in total. The average Bonchev–Trinajstić information content (AvgIpc) is 3.03. The molecule has 234 valence electrons. The van der Waals surface area contributed by atoms with Crippen LogP contribution in [0.5, 0.6) is 11.5 Å². The maximum absolute atomic E-state index is 13.8. The number of rotatable bonds is 9. The molecule has 1 fully saturated rings. The number of benzene rings is 3. The van der Waals surface area contributed by atoms with Crippen molar-refractivity contribution in [3.8, 4) is 22.9 Å². The number of para-hydroxylation sites is 1. The van der Waals surface area contributed by atoms with Gasteiger partial charge in [0.15, 0.2) is 12.4 Å². The molecule has 0 aliphatic carbocycles. The molecule has 1 amide bonds. The van der Waals surface area contributed by atoms with Gasteiger partial charge in [0, 0.05) is 30.3 Å². The van der Waals surface area contributed by atoms with Crippen molar-refractivity contribution in [2.75, 3.05) is 40.0 Å². The number of morpholine rings is 1. The molecule has 0 radical (unpaired) electrons. The summed E-state index contributed by atoms with van der Waals surface area (Å²) in [6, 6.07) is 13.7. The van der Waals surface area contributed by atoms with E-state index in [-0.39, 0.29) is 34.3 Å². The second kappa shape index (κ2) is 13.6. The number of halogens is 1. The van der Waals surface area contributed by atoms with Gasteiger partial charge < -0.3 is 19.1 Å². The topological polar surface area (TPSA) is 138 Å². The zero-order chi connectivity index (χ0) is 32.2. The Balaban J connectivity index is 1.56. The largest absolute Gasteiger partial charge is 0.496 e. The van der Waals surface area contributed by atoms with E-state index in [9.17, 15) is 19.7 Å². The zero-order valence-corrected chi connectivity index (χ0v) is 26.9. The Bertz CT molecular complexity index is 1870. The van der Waals surface area contributed by atoms with E-state index < -0.39 is 10.5 Å². The van der Waals surface area contributed by atoms with Gasteiger partial charge in [-0.05, 0) is 70.2 Å². The Hall–Kier alpha value is -4.62. The van der Waals surface area contributed by atoms with Gasteiger partial charge >= 0.3 is 5.69 Å². The third-order valence-electron chi connectivity index (χ3n) is 7.46. The summed E-state index contributed by atoms with van der Waals surface area (Å²) < 4.78 is 18.0. The fourth-order valence-electron chi connectivity index (χ4n) is 5.09. The normalized spacial score (nSPS) is 13.5. The van der Waals surface area contributed by atoms with E-state index in [4.69, 9.17) is 19.2 Å². The SMILES string of the molecule is COc1cc(C)c(-c2nc3ccccc3c(=O)n2N=Cc2cc(Br)c(OCC(=O)N3CCOCC3)c([N+](=O)[O-])c2)cc1C(C)C. The summed E-state index contributed by atoms with van der Waals surface area (Å²) in [6.07, 6.45) is 1.35. The van der Waals surface area contributed by atoms with Crippen LogP contribution in [0.3, 0.4) is 0 Å². The van der Waals surface area contributed by atoms with E-state index >= 15 is 0 Å². The maximum Gasteiger partial charge on any atom is 0.312 e. The highest BCUT2D eigenvalue weighted by molar-refractivity contribution is 9.10. The van der Waals surface area contributed by atoms with E-state index in [1.807, 2.05) is 32.9 Å². The van der Waals surface area contributed by atoms with E-state index in [2.05, 4.69) is 21.0 Å². The predicted octanol–water partition coefficient (Wildman–Crippen LogP) is 5.29. The molecule has 1 aliphatic rings.